The van der Waals surface area contributed by atoms with Crippen LogP contribution in [-0.4, -0.2) is 9.97 Å². The number of hydrogen-bond acceptors (Lipinski definition) is 5. The molecule has 5 nitrogen and oxygen atoms in total. The van der Waals surface area contributed by atoms with Gasteiger partial charge in [-0.3, -0.25) is 0 Å². The Kier molecular flexibility index (Phi) is 3.55. The van der Waals surface area contributed by atoms with Crippen LogP contribution in [0.3, 0.4) is 0 Å². The highest BCUT2D eigenvalue weighted by Gasteiger charge is 2.09. The number of ether oxygens (including phenoxy) is 1. The third kappa shape index (κ3) is 2.72. The largest absolute Gasteiger partial charge is 0.438 e. The van der Waals surface area contributed by atoms with Gasteiger partial charge in [-0.15, -0.1) is 0 Å². The van der Waals surface area contributed by atoms with Gasteiger partial charge in [-0.05, 0) is 40.5 Å². The van der Waals surface area contributed by atoms with Crippen molar-refractivity contribution in [3.8, 4) is 11.6 Å². The Morgan fingerprint density at radius 1 is 1.35 bits per heavy atom. The molecule has 2 aromatic rings. The molecule has 17 heavy (non-hydrogen) atoms. The first-order chi connectivity index (χ1) is 8.20. The number of rotatable bonds is 3. The number of nitrogens with one attached hydrogen (secondary N) is 1. The van der Waals surface area contributed by atoms with Gasteiger partial charge in [0.2, 0.25) is 5.88 Å². The van der Waals surface area contributed by atoms with E-state index in [-0.39, 0.29) is 0 Å². The van der Waals surface area contributed by atoms with Crippen LogP contribution in [0.1, 0.15) is 5.56 Å². The number of hydrogen-bond donors (Lipinski definition) is 2. The zero-order chi connectivity index (χ0) is 12.3. The van der Waals surface area contributed by atoms with Gasteiger partial charge in [0.1, 0.15) is 16.5 Å². The van der Waals surface area contributed by atoms with Gasteiger partial charge in [-0.1, -0.05) is 12.1 Å². The van der Waals surface area contributed by atoms with E-state index in [0.717, 1.165) is 5.56 Å². The summed E-state index contributed by atoms with van der Waals surface area (Å²) in [5.41, 5.74) is 3.57. The van der Waals surface area contributed by atoms with Gasteiger partial charge in [-0.25, -0.2) is 15.8 Å². The molecule has 0 bridgehead atoms. The zero-order valence-electron chi connectivity index (χ0n) is 9.14. The van der Waals surface area contributed by atoms with Crippen molar-refractivity contribution in [1.82, 2.24) is 9.97 Å². The van der Waals surface area contributed by atoms with E-state index < -0.39 is 0 Å². The molecule has 0 aliphatic rings. The molecule has 0 fully saturated rings. The molecule has 0 aliphatic carbocycles. The summed E-state index contributed by atoms with van der Waals surface area (Å²) >= 11 is 3.32. The van der Waals surface area contributed by atoms with Crippen molar-refractivity contribution in [3.63, 3.8) is 0 Å². The predicted octanol–water partition coefficient (Wildman–Crippen LogP) is 2.63. The highest BCUT2D eigenvalue weighted by atomic mass is 79.9. The van der Waals surface area contributed by atoms with E-state index in [4.69, 9.17) is 10.6 Å². The summed E-state index contributed by atoms with van der Waals surface area (Å²) in [6, 6.07) is 7.69. The van der Waals surface area contributed by atoms with Crippen molar-refractivity contribution < 1.29 is 4.74 Å². The van der Waals surface area contributed by atoms with Crippen LogP contribution in [0, 0.1) is 6.92 Å². The maximum Gasteiger partial charge on any atom is 0.238 e. The van der Waals surface area contributed by atoms with Crippen LogP contribution in [0.15, 0.2) is 35.1 Å². The number of halogens is 1. The first-order valence-corrected chi connectivity index (χ1v) is 5.71. The van der Waals surface area contributed by atoms with Gasteiger partial charge in [0.15, 0.2) is 5.82 Å². The number of hydrazine groups is 1. The Labute approximate surface area is 107 Å². The monoisotopic (exact) mass is 294 g/mol. The summed E-state index contributed by atoms with van der Waals surface area (Å²) in [5, 5.41) is 0. The molecule has 1 aromatic heterocycles. The summed E-state index contributed by atoms with van der Waals surface area (Å²) < 4.78 is 6.23. The first kappa shape index (κ1) is 11.8. The summed E-state index contributed by atoms with van der Waals surface area (Å²) in [6.07, 6.45) is 1.38. The Bertz CT molecular complexity index is 533. The van der Waals surface area contributed by atoms with Gasteiger partial charge in [-0.2, -0.15) is 0 Å². The second kappa shape index (κ2) is 5.11. The fraction of sp³-hybridized carbons (Fsp3) is 0.0909. The van der Waals surface area contributed by atoms with Crippen molar-refractivity contribution in [2.24, 2.45) is 5.84 Å². The average Bonchev–Trinajstić information content (AvgIpc) is 2.32. The third-order valence-electron chi connectivity index (χ3n) is 2.10. The Balaban J connectivity index is 2.30. The normalized spacial score (nSPS) is 10.1. The third-order valence-corrected chi connectivity index (χ3v) is 2.81. The van der Waals surface area contributed by atoms with Crippen molar-refractivity contribution in [3.05, 3.63) is 40.6 Å². The standard InChI is InChI=1S/C11H11BrN4O/c1-7-3-2-4-8(5-7)17-11-9(12)10(16-13)14-6-15-11/h2-6H,13H2,1H3,(H,14,15,16). The van der Waals surface area contributed by atoms with Crippen molar-refractivity contribution in [2.75, 3.05) is 5.43 Å². The van der Waals surface area contributed by atoms with Crippen LogP contribution in [-0.2, 0) is 0 Å². The molecule has 88 valence electrons. The summed E-state index contributed by atoms with van der Waals surface area (Å²) in [4.78, 5) is 7.98. The molecule has 3 N–H and O–H groups in total. The van der Waals surface area contributed by atoms with Crippen LogP contribution < -0.4 is 16.0 Å². The van der Waals surface area contributed by atoms with Crippen LogP contribution in [0.4, 0.5) is 5.82 Å². The molecule has 6 heteroatoms. The molecule has 0 amide bonds. The smallest absolute Gasteiger partial charge is 0.238 e. The maximum absolute atomic E-state index is 5.64. The lowest BCUT2D eigenvalue weighted by atomic mass is 10.2. The minimum absolute atomic E-state index is 0.415. The Morgan fingerprint density at radius 3 is 2.88 bits per heavy atom. The van der Waals surface area contributed by atoms with Gasteiger partial charge in [0.25, 0.3) is 0 Å². The quantitative estimate of drug-likeness (QED) is 0.672. The number of nitrogen functional groups attached to an aromatic ring is 1. The number of nitrogens with zero attached hydrogens (tertiary/aromatic N) is 2. The van der Waals surface area contributed by atoms with E-state index in [9.17, 15) is 0 Å². The molecule has 1 aromatic carbocycles. The molecule has 2 rings (SSSR count). The van der Waals surface area contributed by atoms with Crippen molar-refractivity contribution >= 4 is 21.7 Å². The van der Waals surface area contributed by atoms with Crippen molar-refractivity contribution in [2.45, 2.75) is 6.92 Å². The predicted molar refractivity (Wildman–Crippen MR) is 68.8 cm³/mol. The zero-order valence-corrected chi connectivity index (χ0v) is 10.7. The second-order valence-corrected chi connectivity index (χ2v) is 4.20. The number of aryl methyl sites for hydroxylation is 1. The molecule has 0 unspecified atom stereocenters. The van der Waals surface area contributed by atoms with Crippen LogP contribution >= 0.6 is 15.9 Å². The molecule has 1 heterocycles. The minimum Gasteiger partial charge on any atom is -0.438 e. The number of anilines is 1. The molecule has 0 spiro atoms. The molecule has 0 radical (unpaired) electrons. The van der Waals surface area contributed by atoms with E-state index in [2.05, 4.69) is 31.3 Å². The second-order valence-electron chi connectivity index (χ2n) is 3.40. The van der Waals surface area contributed by atoms with Gasteiger partial charge < -0.3 is 10.2 Å². The lowest BCUT2D eigenvalue weighted by Gasteiger charge is -2.09. The highest BCUT2D eigenvalue weighted by Crippen LogP contribution is 2.31. The molecule has 0 atom stereocenters. The topological polar surface area (TPSA) is 73.1 Å². The van der Waals surface area contributed by atoms with Crippen molar-refractivity contribution in [1.29, 1.82) is 0 Å². The van der Waals surface area contributed by atoms with Crippen LogP contribution in [0.25, 0.3) is 0 Å². The Morgan fingerprint density at radius 2 is 2.18 bits per heavy atom. The fourth-order valence-electron chi connectivity index (χ4n) is 1.32. The molecule has 0 saturated carbocycles. The Hall–Kier alpha value is -1.66. The van der Waals surface area contributed by atoms with E-state index in [1.807, 2.05) is 31.2 Å². The number of benzene rings is 1. The number of aromatic nitrogens is 2. The summed E-state index contributed by atoms with van der Waals surface area (Å²) in [5.74, 6) is 6.92. The van der Waals surface area contributed by atoms with Gasteiger partial charge in [0, 0.05) is 0 Å². The minimum atomic E-state index is 0.415. The first-order valence-electron chi connectivity index (χ1n) is 4.92. The van der Waals surface area contributed by atoms with E-state index in [0.29, 0.717) is 21.9 Å². The van der Waals surface area contributed by atoms with E-state index in [1.54, 1.807) is 0 Å². The summed E-state index contributed by atoms with van der Waals surface area (Å²) in [6.45, 7) is 1.99. The average molecular weight is 295 g/mol. The number of nitrogens with two attached hydrogens (primary N) is 1. The maximum atomic E-state index is 5.64. The van der Waals surface area contributed by atoms with Crippen LogP contribution in [0.5, 0.6) is 11.6 Å². The van der Waals surface area contributed by atoms with Gasteiger partial charge >= 0.3 is 0 Å². The lowest BCUT2D eigenvalue weighted by Crippen LogP contribution is -2.09. The van der Waals surface area contributed by atoms with E-state index >= 15 is 0 Å². The summed E-state index contributed by atoms with van der Waals surface area (Å²) in [7, 11) is 0. The highest BCUT2D eigenvalue weighted by molar-refractivity contribution is 9.10. The van der Waals surface area contributed by atoms with E-state index in [1.165, 1.54) is 6.33 Å². The SMILES string of the molecule is Cc1cccc(Oc2ncnc(NN)c2Br)c1. The molecular formula is C11H11BrN4O. The molecule has 0 saturated heterocycles. The lowest BCUT2D eigenvalue weighted by molar-refractivity contribution is 0.458. The molecule has 0 aliphatic heterocycles. The fourth-order valence-corrected chi connectivity index (χ4v) is 1.72. The van der Waals surface area contributed by atoms with Gasteiger partial charge in [0.05, 0.1) is 0 Å². The molecular weight excluding hydrogens is 284 g/mol. The van der Waals surface area contributed by atoms with Crippen LogP contribution in [0.2, 0.25) is 0 Å².